The van der Waals surface area contributed by atoms with Crippen LogP contribution in [0.5, 0.6) is 0 Å². The van der Waals surface area contributed by atoms with Crippen LogP contribution >= 0.6 is 0 Å². The Balaban J connectivity index is 0.000000288. The lowest BCUT2D eigenvalue weighted by Crippen LogP contribution is -2.28. The highest BCUT2D eigenvalue weighted by Crippen LogP contribution is 2.05. The number of carbonyl (C=O) groups excluding carboxylic acids is 1. The van der Waals surface area contributed by atoms with Crippen LogP contribution in [0.1, 0.15) is 26.3 Å². The summed E-state index contributed by atoms with van der Waals surface area (Å²) in [6.45, 7) is 7.46. The largest absolute Gasteiger partial charge is 0.459 e. The van der Waals surface area contributed by atoms with E-state index in [-0.39, 0.29) is 12.5 Å². The second-order valence-electron chi connectivity index (χ2n) is 4.45. The Morgan fingerprint density at radius 3 is 1.94 bits per heavy atom. The van der Waals surface area contributed by atoms with Crippen LogP contribution < -0.4 is 5.73 Å². The molecule has 0 spiro atoms. The van der Waals surface area contributed by atoms with Crippen LogP contribution in [0.4, 0.5) is 0 Å². The van der Waals surface area contributed by atoms with Crippen LogP contribution in [0.3, 0.4) is 0 Å². The maximum Gasteiger partial charge on any atom is 0.320 e. The van der Waals surface area contributed by atoms with Crippen molar-refractivity contribution in [3.63, 3.8) is 0 Å². The third-order valence-corrected chi connectivity index (χ3v) is 1.53. The van der Waals surface area contributed by atoms with E-state index in [1.165, 1.54) is 5.56 Å². The third-order valence-electron chi connectivity index (χ3n) is 1.53. The molecule has 0 aliphatic carbocycles. The lowest BCUT2D eigenvalue weighted by Gasteiger charge is -2.18. The van der Waals surface area contributed by atoms with Gasteiger partial charge in [0.15, 0.2) is 0 Å². The van der Waals surface area contributed by atoms with E-state index in [1.54, 1.807) is 20.8 Å². The van der Waals surface area contributed by atoms with Crippen molar-refractivity contribution in [2.45, 2.75) is 33.3 Å². The highest BCUT2D eigenvalue weighted by atomic mass is 16.6. The number of rotatable bonds is 1. The second kappa shape index (κ2) is 7.01. The molecule has 0 aliphatic rings. The molecule has 16 heavy (non-hydrogen) atoms. The van der Waals surface area contributed by atoms with E-state index >= 15 is 0 Å². The first-order chi connectivity index (χ1) is 7.35. The topological polar surface area (TPSA) is 52.3 Å². The number of hydrogen-bond donors (Lipinski definition) is 1. The molecule has 0 amide bonds. The summed E-state index contributed by atoms with van der Waals surface area (Å²) in [5.74, 6) is -0.359. The first-order valence-electron chi connectivity index (χ1n) is 5.28. The predicted octanol–water partition coefficient (Wildman–Crippen LogP) is 2.28. The second-order valence-corrected chi connectivity index (χ2v) is 4.45. The number of carbonyl (C=O) groups is 1. The highest BCUT2D eigenvalue weighted by Gasteiger charge is 2.13. The van der Waals surface area contributed by atoms with Gasteiger partial charge in [0.2, 0.25) is 0 Å². The predicted molar refractivity (Wildman–Crippen MR) is 66.1 cm³/mol. The minimum absolute atomic E-state index is 0.0444. The average molecular weight is 223 g/mol. The van der Waals surface area contributed by atoms with E-state index in [4.69, 9.17) is 10.5 Å². The molecule has 1 aromatic rings. The zero-order valence-corrected chi connectivity index (χ0v) is 10.5. The molecular weight excluding hydrogens is 202 g/mol. The Morgan fingerprint density at radius 2 is 1.75 bits per heavy atom. The lowest BCUT2D eigenvalue weighted by atomic mass is 10.2. The van der Waals surface area contributed by atoms with Gasteiger partial charge in [0.1, 0.15) is 5.60 Å². The van der Waals surface area contributed by atoms with E-state index < -0.39 is 5.60 Å². The first-order valence-corrected chi connectivity index (χ1v) is 5.28. The Bertz CT molecular complexity index is 301. The van der Waals surface area contributed by atoms with Crippen molar-refractivity contribution in [2.75, 3.05) is 6.54 Å². The number of benzene rings is 1. The van der Waals surface area contributed by atoms with Crippen LogP contribution in [-0.2, 0) is 9.53 Å². The van der Waals surface area contributed by atoms with Gasteiger partial charge in [0, 0.05) is 0 Å². The smallest absolute Gasteiger partial charge is 0.320 e. The summed E-state index contributed by atoms with van der Waals surface area (Å²) in [4.78, 5) is 10.5. The van der Waals surface area contributed by atoms with E-state index in [9.17, 15) is 4.79 Å². The number of aryl methyl sites for hydroxylation is 1. The molecule has 0 saturated heterocycles. The summed E-state index contributed by atoms with van der Waals surface area (Å²) >= 11 is 0. The molecule has 0 aliphatic heterocycles. The molecule has 1 aromatic carbocycles. The maximum absolute atomic E-state index is 10.5. The number of esters is 1. The van der Waals surface area contributed by atoms with Crippen LogP contribution in [-0.4, -0.2) is 18.1 Å². The molecular formula is C13H21NO2. The van der Waals surface area contributed by atoms with Gasteiger partial charge in [0.25, 0.3) is 0 Å². The summed E-state index contributed by atoms with van der Waals surface area (Å²) in [5.41, 5.74) is 5.92. The first kappa shape index (κ1) is 14.6. The van der Waals surface area contributed by atoms with Gasteiger partial charge >= 0.3 is 5.97 Å². The van der Waals surface area contributed by atoms with Gasteiger partial charge < -0.3 is 10.5 Å². The molecule has 0 unspecified atom stereocenters. The molecule has 0 fully saturated rings. The molecule has 2 N–H and O–H groups in total. The zero-order chi connectivity index (χ0) is 12.6. The molecule has 0 aromatic heterocycles. The Labute approximate surface area is 97.6 Å². The normalized spacial score (nSPS) is 10.1. The summed E-state index contributed by atoms with van der Waals surface area (Å²) in [6.07, 6.45) is 0. The van der Waals surface area contributed by atoms with E-state index in [1.807, 2.05) is 18.2 Å². The van der Waals surface area contributed by atoms with Gasteiger partial charge in [-0.2, -0.15) is 0 Å². The maximum atomic E-state index is 10.5. The molecule has 3 heteroatoms. The molecule has 0 heterocycles. The zero-order valence-electron chi connectivity index (χ0n) is 10.5. The standard InChI is InChI=1S/C7H8.C6H13NO2/c1-7-5-3-2-4-6-7;1-6(2,3)9-5(8)4-7/h2-6H,1H3;4,7H2,1-3H3. The van der Waals surface area contributed by atoms with Crippen molar-refractivity contribution in [1.82, 2.24) is 0 Å². The monoisotopic (exact) mass is 223 g/mol. The minimum Gasteiger partial charge on any atom is -0.459 e. The van der Waals surface area contributed by atoms with Gasteiger partial charge in [-0.25, -0.2) is 0 Å². The van der Waals surface area contributed by atoms with E-state index in [2.05, 4.69) is 19.1 Å². The van der Waals surface area contributed by atoms with Gasteiger partial charge in [-0.1, -0.05) is 35.9 Å². The fourth-order valence-electron chi connectivity index (χ4n) is 0.918. The summed E-state index contributed by atoms with van der Waals surface area (Å²) in [5, 5.41) is 0. The van der Waals surface area contributed by atoms with Gasteiger partial charge in [-0.3, -0.25) is 4.79 Å². The van der Waals surface area contributed by atoms with Crippen LogP contribution in [0.15, 0.2) is 30.3 Å². The molecule has 90 valence electrons. The fraction of sp³-hybridized carbons (Fsp3) is 0.462. The number of hydrogen-bond acceptors (Lipinski definition) is 3. The summed E-state index contributed by atoms with van der Waals surface area (Å²) in [7, 11) is 0. The van der Waals surface area contributed by atoms with Crippen molar-refractivity contribution < 1.29 is 9.53 Å². The minimum atomic E-state index is -0.406. The molecule has 1 rings (SSSR count). The van der Waals surface area contributed by atoms with Crippen LogP contribution in [0, 0.1) is 6.92 Å². The fourth-order valence-corrected chi connectivity index (χ4v) is 0.918. The summed E-state index contributed by atoms with van der Waals surface area (Å²) < 4.78 is 4.82. The summed E-state index contributed by atoms with van der Waals surface area (Å²) in [6, 6.07) is 10.3. The number of nitrogens with two attached hydrogens (primary N) is 1. The van der Waals surface area contributed by atoms with Crippen molar-refractivity contribution in [3.8, 4) is 0 Å². The average Bonchev–Trinajstić information content (AvgIpc) is 2.17. The quantitative estimate of drug-likeness (QED) is 0.743. The van der Waals surface area contributed by atoms with Crippen LogP contribution in [0.25, 0.3) is 0 Å². The van der Waals surface area contributed by atoms with Gasteiger partial charge in [0.05, 0.1) is 6.54 Å². The van der Waals surface area contributed by atoms with E-state index in [0.717, 1.165) is 0 Å². The van der Waals surface area contributed by atoms with Crippen LogP contribution in [0.2, 0.25) is 0 Å². The Morgan fingerprint density at radius 1 is 1.25 bits per heavy atom. The van der Waals surface area contributed by atoms with Crippen molar-refractivity contribution >= 4 is 5.97 Å². The molecule has 0 bridgehead atoms. The molecule has 3 nitrogen and oxygen atoms in total. The number of ether oxygens (including phenoxy) is 1. The third kappa shape index (κ3) is 9.21. The van der Waals surface area contributed by atoms with Crippen molar-refractivity contribution in [3.05, 3.63) is 35.9 Å². The highest BCUT2D eigenvalue weighted by molar-refractivity contribution is 5.71. The van der Waals surface area contributed by atoms with Crippen molar-refractivity contribution in [1.29, 1.82) is 0 Å². The van der Waals surface area contributed by atoms with Crippen molar-refractivity contribution in [2.24, 2.45) is 5.73 Å². The Hall–Kier alpha value is -1.35. The molecule has 0 saturated carbocycles. The Kier molecular flexibility index (Phi) is 6.42. The van der Waals surface area contributed by atoms with E-state index in [0.29, 0.717) is 0 Å². The SMILES string of the molecule is CC(C)(C)OC(=O)CN.Cc1ccccc1. The molecule has 0 atom stereocenters. The van der Waals surface area contributed by atoms with Gasteiger partial charge in [-0.15, -0.1) is 0 Å². The molecule has 0 radical (unpaired) electrons. The van der Waals surface area contributed by atoms with Gasteiger partial charge in [-0.05, 0) is 27.7 Å². The lowest BCUT2D eigenvalue weighted by molar-refractivity contribution is -0.152.